The molecule has 0 atom stereocenters. The van der Waals surface area contributed by atoms with Crippen molar-refractivity contribution in [3.63, 3.8) is 0 Å². The van der Waals surface area contributed by atoms with E-state index in [2.05, 4.69) is 5.09 Å². The zero-order chi connectivity index (χ0) is 17.2. The van der Waals surface area contributed by atoms with Gasteiger partial charge in [0.2, 0.25) is 0 Å². The maximum atomic E-state index is 12.9. The average molecular weight is 344 g/mol. The van der Waals surface area contributed by atoms with Gasteiger partial charge < -0.3 is 0 Å². The molecule has 0 spiro atoms. The van der Waals surface area contributed by atoms with Crippen LogP contribution in [0.3, 0.4) is 0 Å². The topological polar surface area (TPSA) is 67.9 Å². The molecule has 0 aromatic heterocycles. The van der Waals surface area contributed by atoms with Crippen LogP contribution in [0.2, 0.25) is 0 Å². The van der Waals surface area contributed by atoms with Gasteiger partial charge >= 0.3 is 13.8 Å². The first kappa shape index (κ1) is 16.5. The smallest absolute Gasteiger partial charge is 0.296 e. The van der Waals surface area contributed by atoms with Crippen LogP contribution in [0, 0.1) is 0 Å². The largest absolute Gasteiger partial charge is 0.435 e. The first-order valence-corrected chi connectivity index (χ1v) is 8.82. The van der Waals surface area contributed by atoms with Crippen LogP contribution in [0.1, 0.15) is 11.1 Å². The molecule has 1 aliphatic heterocycles. The van der Waals surface area contributed by atoms with Gasteiger partial charge in [-0.1, -0.05) is 48.6 Å². The number of para-hydroxylation sites is 2. The molecule has 7 heteroatoms. The quantitative estimate of drug-likeness (QED) is 0.837. The first-order valence-electron chi connectivity index (χ1n) is 7.28. The summed E-state index contributed by atoms with van der Waals surface area (Å²) >= 11 is 0. The Morgan fingerprint density at radius 2 is 1.38 bits per heavy atom. The number of rotatable bonds is 3. The van der Waals surface area contributed by atoms with Crippen LogP contribution in [-0.2, 0) is 13.6 Å². The lowest BCUT2D eigenvalue weighted by Crippen LogP contribution is -2.36. The zero-order valence-corrected chi connectivity index (χ0v) is 14.2. The third kappa shape index (κ3) is 2.99. The van der Waals surface area contributed by atoms with Crippen LogP contribution in [0.25, 0.3) is 12.2 Å². The van der Waals surface area contributed by atoms with Crippen molar-refractivity contribution in [1.82, 2.24) is 5.09 Å². The standard InChI is InChI=1S/C17H17N2O4P/c1-22-24(21,23-2)18-17(20)19-15-9-5-3-7-13(15)11-12-14-8-4-6-10-16(14)19/h3-12H,1-2H3,(H,18,20,21). The van der Waals surface area contributed by atoms with Crippen LogP contribution in [0.15, 0.2) is 48.5 Å². The van der Waals surface area contributed by atoms with Gasteiger partial charge in [-0.2, -0.15) is 0 Å². The number of nitrogens with one attached hydrogen (secondary N) is 1. The summed E-state index contributed by atoms with van der Waals surface area (Å²) in [5.41, 5.74) is 3.09. The predicted octanol–water partition coefficient (Wildman–Crippen LogP) is 4.42. The summed E-state index contributed by atoms with van der Waals surface area (Å²) in [6.07, 6.45) is 3.88. The predicted molar refractivity (Wildman–Crippen MR) is 94.1 cm³/mol. The Morgan fingerprint density at radius 3 is 1.83 bits per heavy atom. The minimum absolute atomic E-state index is 0.592. The Balaban J connectivity index is 2.11. The number of hydrogen-bond donors (Lipinski definition) is 1. The summed E-state index contributed by atoms with van der Waals surface area (Å²) in [6, 6.07) is 14.3. The number of hydrogen-bond acceptors (Lipinski definition) is 4. The lowest BCUT2D eigenvalue weighted by Gasteiger charge is -2.26. The molecule has 3 rings (SSSR count). The van der Waals surface area contributed by atoms with Crippen molar-refractivity contribution in [2.24, 2.45) is 0 Å². The molecule has 6 nitrogen and oxygen atoms in total. The third-order valence-corrected chi connectivity index (χ3v) is 5.14. The Hall–Kier alpha value is -2.40. The minimum atomic E-state index is -3.70. The Kier molecular flexibility index (Phi) is 4.53. The van der Waals surface area contributed by atoms with Crippen LogP contribution >= 0.6 is 7.75 Å². The minimum Gasteiger partial charge on any atom is -0.296 e. The molecular formula is C17H17N2O4P. The number of benzene rings is 2. The Morgan fingerprint density at radius 1 is 0.917 bits per heavy atom. The summed E-state index contributed by atoms with van der Waals surface area (Å²) in [7, 11) is -1.27. The highest BCUT2D eigenvalue weighted by Gasteiger charge is 2.31. The third-order valence-electron chi connectivity index (χ3n) is 3.71. The number of carbonyl (C=O) groups is 1. The SMILES string of the molecule is COP(=O)(NC(=O)N1c2ccccc2C=Cc2ccccc21)OC. The van der Waals surface area contributed by atoms with E-state index in [-0.39, 0.29) is 0 Å². The van der Waals surface area contributed by atoms with Gasteiger partial charge in [-0.15, -0.1) is 0 Å². The van der Waals surface area contributed by atoms with Gasteiger partial charge in [-0.25, -0.2) is 14.4 Å². The maximum absolute atomic E-state index is 12.9. The summed E-state index contributed by atoms with van der Waals surface area (Å²) < 4.78 is 21.9. The van der Waals surface area contributed by atoms with E-state index in [1.54, 1.807) is 0 Å². The van der Waals surface area contributed by atoms with E-state index < -0.39 is 13.8 Å². The van der Waals surface area contributed by atoms with Crippen LogP contribution in [0.5, 0.6) is 0 Å². The van der Waals surface area contributed by atoms with E-state index in [0.717, 1.165) is 11.1 Å². The summed E-state index contributed by atoms with van der Waals surface area (Å²) in [6.45, 7) is 0. The molecule has 0 saturated heterocycles. The van der Waals surface area contributed by atoms with E-state index >= 15 is 0 Å². The molecule has 0 aliphatic carbocycles. The molecule has 1 N–H and O–H groups in total. The second-order valence-electron chi connectivity index (χ2n) is 5.07. The van der Waals surface area contributed by atoms with Crippen molar-refractivity contribution >= 4 is 37.3 Å². The summed E-state index contributed by atoms with van der Waals surface area (Å²) in [5, 5.41) is 2.34. The molecule has 0 fully saturated rings. The van der Waals surface area contributed by atoms with Crippen molar-refractivity contribution < 1.29 is 18.4 Å². The molecular weight excluding hydrogens is 327 g/mol. The molecule has 0 saturated carbocycles. The maximum Gasteiger partial charge on any atom is 0.435 e. The lowest BCUT2D eigenvalue weighted by molar-refractivity contribution is 0.239. The Bertz CT molecular complexity index is 792. The first-order chi connectivity index (χ1) is 11.6. The number of urea groups is 1. The fourth-order valence-corrected chi connectivity index (χ4v) is 3.19. The van der Waals surface area contributed by atoms with E-state index in [1.807, 2.05) is 60.7 Å². The van der Waals surface area contributed by atoms with Crippen molar-refractivity contribution in [3.05, 3.63) is 59.7 Å². The number of nitrogens with zero attached hydrogens (tertiary/aromatic N) is 1. The number of carbonyl (C=O) groups excluding carboxylic acids is 1. The number of fused-ring (bicyclic) bond motifs is 2. The fourth-order valence-electron chi connectivity index (χ4n) is 2.53. The van der Waals surface area contributed by atoms with Gasteiger partial charge in [0, 0.05) is 14.2 Å². The van der Waals surface area contributed by atoms with E-state index in [0.29, 0.717) is 11.4 Å². The van der Waals surface area contributed by atoms with Gasteiger partial charge in [0.25, 0.3) is 0 Å². The molecule has 0 unspecified atom stereocenters. The van der Waals surface area contributed by atoms with Gasteiger partial charge in [-0.05, 0) is 23.3 Å². The second-order valence-corrected chi connectivity index (χ2v) is 7.01. The van der Waals surface area contributed by atoms with E-state index in [9.17, 15) is 9.36 Å². The van der Waals surface area contributed by atoms with Crippen LogP contribution in [0.4, 0.5) is 16.2 Å². The molecule has 1 aliphatic rings. The monoisotopic (exact) mass is 344 g/mol. The molecule has 2 amide bonds. The van der Waals surface area contributed by atoms with Crippen molar-refractivity contribution in [2.75, 3.05) is 19.1 Å². The summed E-state index contributed by atoms with van der Waals surface area (Å²) in [4.78, 5) is 14.3. The van der Waals surface area contributed by atoms with Crippen LogP contribution in [-0.4, -0.2) is 20.3 Å². The molecule has 0 radical (unpaired) electrons. The normalized spacial score (nSPS) is 13.0. The molecule has 1 heterocycles. The van der Waals surface area contributed by atoms with Crippen LogP contribution < -0.4 is 9.99 Å². The van der Waals surface area contributed by atoms with Crippen molar-refractivity contribution in [2.45, 2.75) is 0 Å². The van der Waals surface area contributed by atoms with E-state index in [4.69, 9.17) is 9.05 Å². The highest BCUT2D eigenvalue weighted by molar-refractivity contribution is 7.52. The molecule has 24 heavy (non-hydrogen) atoms. The fraction of sp³-hybridized carbons (Fsp3) is 0.118. The molecule has 2 aromatic rings. The molecule has 0 bridgehead atoms. The zero-order valence-electron chi connectivity index (χ0n) is 13.3. The molecule has 124 valence electrons. The number of amides is 2. The van der Waals surface area contributed by atoms with Gasteiger partial charge in [-0.3, -0.25) is 13.9 Å². The molecule has 2 aromatic carbocycles. The number of anilines is 2. The van der Waals surface area contributed by atoms with Gasteiger partial charge in [0.1, 0.15) is 0 Å². The van der Waals surface area contributed by atoms with E-state index in [1.165, 1.54) is 19.1 Å². The van der Waals surface area contributed by atoms with Gasteiger partial charge in [0.15, 0.2) is 0 Å². The van der Waals surface area contributed by atoms with Crippen molar-refractivity contribution in [1.29, 1.82) is 0 Å². The summed E-state index contributed by atoms with van der Waals surface area (Å²) in [5.74, 6) is 0. The highest BCUT2D eigenvalue weighted by Crippen LogP contribution is 2.43. The second kappa shape index (κ2) is 6.61. The van der Waals surface area contributed by atoms with Crippen molar-refractivity contribution in [3.8, 4) is 0 Å². The highest BCUT2D eigenvalue weighted by atomic mass is 31.2. The average Bonchev–Trinajstić information content (AvgIpc) is 2.78. The Labute approximate surface area is 140 Å². The lowest BCUT2D eigenvalue weighted by atomic mass is 10.1. The van der Waals surface area contributed by atoms with Gasteiger partial charge in [0.05, 0.1) is 11.4 Å².